The topological polar surface area (TPSA) is 44.4 Å². The van der Waals surface area contributed by atoms with Gasteiger partial charge in [0, 0.05) is 7.05 Å². The molecule has 0 unspecified atom stereocenters. The molecular weight excluding hydrogens is 266 g/mol. The van der Waals surface area contributed by atoms with Gasteiger partial charge in [0.1, 0.15) is 5.75 Å². The maximum Gasteiger partial charge on any atom is 0.419 e. The van der Waals surface area contributed by atoms with Crippen LogP contribution in [0.25, 0.3) is 23.3 Å². The Kier molecular flexibility index (Phi) is 3.36. The van der Waals surface area contributed by atoms with Gasteiger partial charge in [0.15, 0.2) is 5.58 Å². The molecule has 1 aromatic heterocycles. The van der Waals surface area contributed by atoms with Gasteiger partial charge in [-0.1, -0.05) is 30.4 Å². The second-order valence-electron chi connectivity index (χ2n) is 4.76. The largest absolute Gasteiger partial charge is 0.497 e. The Hall–Kier alpha value is -2.75. The Balaban J connectivity index is 1.89. The van der Waals surface area contributed by atoms with E-state index in [0.29, 0.717) is 5.58 Å². The van der Waals surface area contributed by atoms with Crippen LogP contribution in [0.15, 0.2) is 51.7 Å². The summed E-state index contributed by atoms with van der Waals surface area (Å²) in [6, 6.07) is 13.5. The van der Waals surface area contributed by atoms with Gasteiger partial charge in [0.25, 0.3) is 0 Å². The molecule has 0 aliphatic rings. The molecule has 0 atom stereocenters. The number of methoxy groups -OCH3 is 1. The van der Waals surface area contributed by atoms with E-state index in [2.05, 4.69) is 0 Å². The van der Waals surface area contributed by atoms with E-state index in [-0.39, 0.29) is 5.76 Å². The number of aryl methyl sites for hydroxylation is 1. The minimum Gasteiger partial charge on any atom is -0.497 e. The first kappa shape index (κ1) is 13.2. The van der Waals surface area contributed by atoms with Gasteiger partial charge in [-0.15, -0.1) is 0 Å². The average Bonchev–Trinajstić information content (AvgIpc) is 2.80. The van der Waals surface area contributed by atoms with Crippen molar-refractivity contribution in [3.05, 3.63) is 64.1 Å². The van der Waals surface area contributed by atoms with Gasteiger partial charge in [0.2, 0.25) is 0 Å². The van der Waals surface area contributed by atoms with E-state index in [1.165, 1.54) is 4.57 Å². The third-order valence-electron chi connectivity index (χ3n) is 3.40. The molecule has 0 spiro atoms. The van der Waals surface area contributed by atoms with Crippen LogP contribution in [-0.2, 0) is 7.05 Å². The summed E-state index contributed by atoms with van der Waals surface area (Å²) in [5, 5.41) is 0. The van der Waals surface area contributed by atoms with Crippen LogP contribution in [0.2, 0.25) is 0 Å². The van der Waals surface area contributed by atoms with Crippen LogP contribution < -0.4 is 10.5 Å². The first-order chi connectivity index (χ1) is 10.2. The first-order valence-electron chi connectivity index (χ1n) is 6.59. The molecule has 3 rings (SSSR count). The lowest BCUT2D eigenvalue weighted by molar-refractivity contribution is 0.415. The Morgan fingerprint density at radius 1 is 1.05 bits per heavy atom. The molecule has 0 aliphatic heterocycles. The van der Waals surface area contributed by atoms with E-state index < -0.39 is 0 Å². The maximum atomic E-state index is 11.5. The highest BCUT2D eigenvalue weighted by molar-refractivity contribution is 5.79. The number of rotatable bonds is 3. The van der Waals surface area contributed by atoms with Crippen molar-refractivity contribution in [3.63, 3.8) is 0 Å². The fourth-order valence-corrected chi connectivity index (χ4v) is 2.16. The number of nitrogens with zero attached hydrogens (tertiary/aromatic N) is 1. The van der Waals surface area contributed by atoms with Crippen molar-refractivity contribution >= 4 is 23.3 Å². The van der Waals surface area contributed by atoms with E-state index in [4.69, 9.17) is 9.15 Å². The highest BCUT2D eigenvalue weighted by Crippen LogP contribution is 2.17. The van der Waals surface area contributed by atoms with E-state index in [0.717, 1.165) is 22.4 Å². The van der Waals surface area contributed by atoms with E-state index in [1.807, 2.05) is 54.6 Å². The number of ether oxygens (including phenoxy) is 1. The van der Waals surface area contributed by atoms with Crippen molar-refractivity contribution in [1.29, 1.82) is 0 Å². The van der Waals surface area contributed by atoms with Crippen LogP contribution in [0.5, 0.6) is 5.75 Å². The SMILES string of the molecule is COc1ccc(/C=C\c2ccc3c(c2)oc(=O)n3C)cc1. The normalized spacial score (nSPS) is 11.3. The Bertz CT molecular complexity index is 854. The third kappa shape index (κ3) is 2.60. The summed E-state index contributed by atoms with van der Waals surface area (Å²) >= 11 is 0. The van der Waals surface area contributed by atoms with Gasteiger partial charge in [-0.2, -0.15) is 0 Å². The zero-order valence-corrected chi connectivity index (χ0v) is 11.9. The lowest BCUT2D eigenvalue weighted by Gasteiger charge is -1.99. The molecule has 0 amide bonds. The highest BCUT2D eigenvalue weighted by atomic mass is 16.5. The smallest absolute Gasteiger partial charge is 0.419 e. The van der Waals surface area contributed by atoms with Crippen LogP contribution in [-0.4, -0.2) is 11.7 Å². The summed E-state index contributed by atoms with van der Waals surface area (Å²) < 4.78 is 11.8. The second-order valence-corrected chi connectivity index (χ2v) is 4.76. The van der Waals surface area contributed by atoms with Crippen LogP contribution in [0.1, 0.15) is 11.1 Å². The number of fused-ring (bicyclic) bond motifs is 1. The summed E-state index contributed by atoms with van der Waals surface area (Å²) in [4.78, 5) is 11.5. The monoisotopic (exact) mass is 281 g/mol. The van der Waals surface area contributed by atoms with Crippen LogP contribution in [0, 0.1) is 0 Å². The molecule has 0 radical (unpaired) electrons. The number of aromatic nitrogens is 1. The molecule has 0 saturated carbocycles. The summed E-state index contributed by atoms with van der Waals surface area (Å²) in [6.07, 6.45) is 3.98. The summed E-state index contributed by atoms with van der Waals surface area (Å²) in [6.45, 7) is 0. The molecule has 0 fully saturated rings. The van der Waals surface area contributed by atoms with Crippen LogP contribution in [0.3, 0.4) is 0 Å². The van der Waals surface area contributed by atoms with Crippen molar-refractivity contribution in [2.24, 2.45) is 7.05 Å². The van der Waals surface area contributed by atoms with Crippen molar-refractivity contribution in [3.8, 4) is 5.75 Å². The average molecular weight is 281 g/mol. The molecule has 0 saturated heterocycles. The molecule has 3 aromatic rings. The first-order valence-corrected chi connectivity index (χ1v) is 6.59. The molecule has 4 heteroatoms. The number of benzene rings is 2. The van der Waals surface area contributed by atoms with Crippen LogP contribution in [0.4, 0.5) is 0 Å². The minimum atomic E-state index is -0.346. The Morgan fingerprint density at radius 3 is 2.43 bits per heavy atom. The number of hydrogen-bond acceptors (Lipinski definition) is 3. The van der Waals surface area contributed by atoms with Gasteiger partial charge >= 0.3 is 5.76 Å². The predicted octanol–water partition coefficient (Wildman–Crippen LogP) is 3.31. The zero-order chi connectivity index (χ0) is 14.8. The fourth-order valence-electron chi connectivity index (χ4n) is 2.16. The van der Waals surface area contributed by atoms with Crippen molar-refractivity contribution < 1.29 is 9.15 Å². The third-order valence-corrected chi connectivity index (χ3v) is 3.40. The molecule has 21 heavy (non-hydrogen) atoms. The van der Waals surface area contributed by atoms with Crippen molar-refractivity contribution in [1.82, 2.24) is 4.57 Å². The van der Waals surface area contributed by atoms with Crippen molar-refractivity contribution in [2.45, 2.75) is 0 Å². The molecule has 0 N–H and O–H groups in total. The molecular formula is C17H15NO3. The molecule has 0 bridgehead atoms. The second kappa shape index (κ2) is 5.32. The quantitative estimate of drug-likeness (QED) is 0.692. The number of oxazole rings is 1. The minimum absolute atomic E-state index is 0.346. The predicted molar refractivity (Wildman–Crippen MR) is 83.4 cm³/mol. The van der Waals surface area contributed by atoms with Gasteiger partial charge in [0.05, 0.1) is 12.6 Å². The van der Waals surface area contributed by atoms with E-state index >= 15 is 0 Å². The maximum absolute atomic E-state index is 11.5. The lowest BCUT2D eigenvalue weighted by Crippen LogP contribution is -2.08. The van der Waals surface area contributed by atoms with E-state index in [1.54, 1.807) is 14.2 Å². The van der Waals surface area contributed by atoms with Crippen molar-refractivity contribution in [2.75, 3.05) is 7.11 Å². The number of hydrogen-bond donors (Lipinski definition) is 0. The standard InChI is InChI=1S/C17H15NO3/c1-18-15-10-7-13(11-16(15)21-17(18)19)4-3-12-5-8-14(20-2)9-6-12/h3-11H,1-2H3/b4-3-. The molecule has 2 aromatic carbocycles. The Labute approximate surface area is 121 Å². The summed E-state index contributed by atoms with van der Waals surface area (Å²) in [5.74, 6) is 0.487. The summed E-state index contributed by atoms with van der Waals surface area (Å²) in [5.41, 5.74) is 3.44. The van der Waals surface area contributed by atoms with E-state index in [9.17, 15) is 4.79 Å². The fraction of sp³-hybridized carbons (Fsp3) is 0.118. The van der Waals surface area contributed by atoms with Gasteiger partial charge < -0.3 is 9.15 Å². The molecule has 4 nitrogen and oxygen atoms in total. The Morgan fingerprint density at radius 2 is 1.71 bits per heavy atom. The zero-order valence-electron chi connectivity index (χ0n) is 11.9. The van der Waals surface area contributed by atoms with Gasteiger partial charge in [-0.3, -0.25) is 4.57 Å². The van der Waals surface area contributed by atoms with Gasteiger partial charge in [-0.25, -0.2) is 4.79 Å². The van der Waals surface area contributed by atoms with Gasteiger partial charge in [-0.05, 0) is 35.4 Å². The highest BCUT2D eigenvalue weighted by Gasteiger charge is 2.04. The molecule has 1 heterocycles. The molecule has 0 aliphatic carbocycles. The lowest BCUT2D eigenvalue weighted by atomic mass is 10.1. The van der Waals surface area contributed by atoms with Crippen LogP contribution >= 0.6 is 0 Å². The summed E-state index contributed by atoms with van der Waals surface area (Å²) in [7, 11) is 3.34. The molecule has 106 valence electrons.